The van der Waals surface area contributed by atoms with E-state index in [0.29, 0.717) is 5.41 Å². The first-order valence-electron chi connectivity index (χ1n) is 7.01. The van der Waals surface area contributed by atoms with Crippen LogP contribution in [-0.4, -0.2) is 29.3 Å². The molecule has 4 heteroatoms. The maximum absolute atomic E-state index is 5.43. The highest BCUT2D eigenvalue weighted by Gasteiger charge is 2.26. The highest BCUT2D eigenvalue weighted by Crippen LogP contribution is 2.28. The summed E-state index contributed by atoms with van der Waals surface area (Å²) in [4.78, 5) is 4.23. The zero-order valence-corrected chi connectivity index (χ0v) is 11.6. The number of ether oxygens (including phenoxy) is 1. The van der Waals surface area contributed by atoms with Gasteiger partial charge in [0.15, 0.2) is 0 Å². The van der Waals surface area contributed by atoms with Crippen molar-refractivity contribution >= 4 is 0 Å². The number of aromatic nitrogens is 2. The van der Waals surface area contributed by atoms with Gasteiger partial charge in [0.2, 0.25) is 0 Å². The molecule has 1 saturated heterocycles. The molecule has 2 rings (SSSR count). The molecule has 1 aliphatic rings. The van der Waals surface area contributed by atoms with Crippen LogP contribution in [0.15, 0.2) is 12.5 Å². The molecule has 2 heterocycles. The number of imidazole rings is 1. The van der Waals surface area contributed by atoms with Gasteiger partial charge < -0.3 is 14.6 Å². The molecule has 0 unspecified atom stereocenters. The summed E-state index contributed by atoms with van der Waals surface area (Å²) in [5.41, 5.74) is 1.68. The van der Waals surface area contributed by atoms with Crippen LogP contribution in [0.2, 0.25) is 0 Å². The lowest BCUT2D eigenvalue weighted by molar-refractivity contribution is 0.0239. The van der Waals surface area contributed by atoms with Crippen LogP contribution in [0.1, 0.15) is 38.8 Å². The fraction of sp³-hybridized carbons (Fsp3) is 0.786. The van der Waals surface area contributed by atoms with Gasteiger partial charge in [0.25, 0.3) is 0 Å². The van der Waals surface area contributed by atoms with Crippen molar-refractivity contribution in [1.82, 2.24) is 14.9 Å². The normalized spacial score (nSPS) is 19.0. The summed E-state index contributed by atoms with van der Waals surface area (Å²) >= 11 is 0. The third-order valence-corrected chi connectivity index (χ3v) is 3.82. The number of aryl methyl sites for hydroxylation is 1. The van der Waals surface area contributed by atoms with Crippen molar-refractivity contribution in [2.24, 2.45) is 5.41 Å². The Morgan fingerprint density at radius 3 is 2.94 bits per heavy atom. The third kappa shape index (κ3) is 3.56. The maximum atomic E-state index is 5.43. The maximum Gasteiger partial charge on any atom is 0.0948 e. The molecule has 0 spiro atoms. The standard InChI is InChI=1S/C14H25N3O/c1-3-6-17-12-16-10-13(17)9-15-11-14(2)4-7-18-8-5-14/h10,12,15H,3-9,11H2,1-2H3. The van der Waals surface area contributed by atoms with E-state index in [4.69, 9.17) is 4.74 Å². The molecule has 0 aliphatic carbocycles. The summed E-state index contributed by atoms with van der Waals surface area (Å²) in [5.74, 6) is 0. The Hall–Kier alpha value is -0.870. The minimum absolute atomic E-state index is 0.397. The molecule has 102 valence electrons. The zero-order chi connectivity index (χ0) is 12.8. The third-order valence-electron chi connectivity index (χ3n) is 3.82. The van der Waals surface area contributed by atoms with Crippen LogP contribution < -0.4 is 5.32 Å². The first-order valence-corrected chi connectivity index (χ1v) is 7.01. The summed E-state index contributed by atoms with van der Waals surface area (Å²) in [6.07, 6.45) is 7.37. The van der Waals surface area contributed by atoms with Crippen molar-refractivity contribution in [2.45, 2.75) is 46.2 Å². The molecule has 0 bridgehead atoms. The van der Waals surface area contributed by atoms with Gasteiger partial charge in [-0.25, -0.2) is 4.98 Å². The van der Waals surface area contributed by atoms with Crippen molar-refractivity contribution in [2.75, 3.05) is 19.8 Å². The molecule has 1 fully saturated rings. The number of hydrogen-bond acceptors (Lipinski definition) is 3. The monoisotopic (exact) mass is 251 g/mol. The highest BCUT2D eigenvalue weighted by molar-refractivity contribution is 4.98. The second-order valence-electron chi connectivity index (χ2n) is 5.60. The molecule has 1 aromatic heterocycles. The zero-order valence-electron chi connectivity index (χ0n) is 11.6. The van der Waals surface area contributed by atoms with Gasteiger partial charge in [-0.15, -0.1) is 0 Å². The molecule has 0 radical (unpaired) electrons. The molecule has 1 aromatic rings. The number of nitrogens with one attached hydrogen (secondary N) is 1. The van der Waals surface area contributed by atoms with Gasteiger partial charge in [-0.2, -0.15) is 0 Å². The van der Waals surface area contributed by atoms with E-state index in [-0.39, 0.29) is 0 Å². The number of nitrogens with zero attached hydrogens (tertiary/aromatic N) is 2. The first kappa shape index (κ1) is 13.6. The second-order valence-corrected chi connectivity index (χ2v) is 5.60. The highest BCUT2D eigenvalue weighted by atomic mass is 16.5. The Labute approximate surface area is 110 Å². The summed E-state index contributed by atoms with van der Waals surface area (Å²) in [5, 5.41) is 3.58. The molecule has 1 aliphatic heterocycles. The Balaban J connectivity index is 1.78. The summed E-state index contributed by atoms with van der Waals surface area (Å²) in [7, 11) is 0. The summed E-state index contributed by atoms with van der Waals surface area (Å²) < 4.78 is 7.66. The van der Waals surface area contributed by atoms with E-state index in [1.807, 2.05) is 12.5 Å². The lowest BCUT2D eigenvalue weighted by atomic mass is 9.82. The number of rotatable bonds is 6. The molecular formula is C14H25N3O. The van der Waals surface area contributed by atoms with Crippen LogP contribution in [0.25, 0.3) is 0 Å². The van der Waals surface area contributed by atoms with Gasteiger partial charge in [-0.1, -0.05) is 13.8 Å². The lowest BCUT2D eigenvalue weighted by Gasteiger charge is -2.33. The van der Waals surface area contributed by atoms with Crippen LogP contribution in [0.4, 0.5) is 0 Å². The first-order chi connectivity index (χ1) is 8.73. The van der Waals surface area contributed by atoms with Gasteiger partial charge in [-0.3, -0.25) is 0 Å². The van der Waals surface area contributed by atoms with Crippen LogP contribution in [0, 0.1) is 5.41 Å². The average Bonchev–Trinajstić information content (AvgIpc) is 2.78. The van der Waals surface area contributed by atoms with E-state index < -0.39 is 0 Å². The number of hydrogen-bond donors (Lipinski definition) is 1. The van der Waals surface area contributed by atoms with Crippen molar-refractivity contribution < 1.29 is 4.74 Å². The SMILES string of the molecule is CCCn1cncc1CNCC1(C)CCOCC1. The average molecular weight is 251 g/mol. The van der Waals surface area contributed by atoms with Crippen LogP contribution in [0.5, 0.6) is 0 Å². The van der Waals surface area contributed by atoms with E-state index in [2.05, 4.69) is 28.7 Å². The van der Waals surface area contributed by atoms with Crippen molar-refractivity contribution in [3.8, 4) is 0 Å². The Kier molecular flexibility index (Phi) is 4.78. The van der Waals surface area contributed by atoms with E-state index in [0.717, 1.165) is 52.1 Å². The molecule has 0 aromatic carbocycles. The molecular weight excluding hydrogens is 226 g/mol. The van der Waals surface area contributed by atoms with Crippen LogP contribution in [0.3, 0.4) is 0 Å². The van der Waals surface area contributed by atoms with Crippen molar-refractivity contribution in [3.05, 3.63) is 18.2 Å². The summed E-state index contributed by atoms with van der Waals surface area (Å²) in [6.45, 7) is 9.40. The van der Waals surface area contributed by atoms with Crippen LogP contribution >= 0.6 is 0 Å². The minimum atomic E-state index is 0.397. The van der Waals surface area contributed by atoms with E-state index in [1.54, 1.807) is 0 Å². The minimum Gasteiger partial charge on any atom is -0.381 e. The molecule has 1 N–H and O–H groups in total. The van der Waals surface area contributed by atoms with Crippen molar-refractivity contribution in [3.63, 3.8) is 0 Å². The van der Waals surface area contributed by atoms with E-state index in [1.165, 1.54) is 5.69 Å². The van der Waals surface area contributed by atoms with Gasteiger partial charge in [0, 0.05) is 39.0 Å². The van der Waals surface area contributed by atoms with E-state index >= 15 is 0 Å². The smallest absolute Gasteiger partial charge is 0.0948 e. The van der Waals surface area contributed by atoms with Gasteiger partial charge in [0.1, 0.15) is 0 Å². The fourth-order valence-corrected chi connectivity index (χ4v) is 2.47. The predicted octanol–water partition coefficient (Wildman–Crippen LogP) is 2.20. The van der Waals surface area contributed by atoms with Gasteiger partial charge in [0.05, 0.1) is 12.0 Å². The molecule has 4 nitrogen and oxygen atoms in total. The molecule has 0 saturated carbocycles. The fourth-order valence-electron chi connectivity index (χ4n) is 2.47. The lowest BCUT2D eigenvalue weighted by Crippen LogP contribution is -2.36. The summed E-state index contributed by atoms with van der Waals surface area (Å²) in [6, 6.07) is 0. The van der Waals surface area contributed by atoms with Crippen LogP contribution in [-0.2, 0) is 17.8 Å². The Morgan fingerprint density at radius 1 is 1.44 bits per heavy atom. The van der Waals surface area contributed by atoms with Gasteiger partial charge in [-0.05, 0) is 24.7 Å². The Morgan fingerprint density at radius 2 is 2.22 bits per heavy atom. The van der Waals surface area contributed by atoms with E-state index in [9.17, 15) is 0 Å². The second kappa shape index (κ2) is 6.34. The van der Waals surface area contributed by atoms with Crippen molar-refractivity contribution in [1.29, 1.82) is 0 Å². The molecule has 0 atom stereocenters. The molecule has 18 heavy (non-hydrogen) atoms. The topological polar surface area (TPSA) is 39.1 Å². The quantitative estimate of drug-likeness (QED) is 0.842. The van der Waals surface area contributed by atoms with Gasteiger partial charge >= 0.3 is 0 Å². The largest absolute Gasteiger partial charge is 0.381 e. The Bertz CT molecular complexity index is 356. The molecule has 0 amide bonds. The predicted molar refractivity (Wildman–Crippen MR) is 72.4 cm³/mol.